The molecule has 0 aromatic rings. The van der Waals surface area contributed by atoms with Gasteiger partial charge in [0.05, 0.1) is 0 Å². The lowest BCUT2D eigenvalue weighted by molar-refractivity contribution is -0.782. The summed E-state index contributed by atoms with van der Waals surface area (Å²) in [6.07, 6.45) is 0. The van der Waals surface area contributed by atoms with Gasteiger partial charge in [-0.15, -0.1) is 15.3 Å². The minimum absolute atomic E-state index is 1.75. The van der Waals surface area contributed by atoms with Crippen LogP contribution in [0.3, 0.4) is 0 Å². The lowest BCUT2D eigenvalue weighted by Gasteiger charge is -1.49. The van der Waals surface area contributed by atoms with Crippen molar-refractivity contribution < 1.29 is 10.3 Å². The van der Waals surface area contributed by atoms with Crippen molar-refractivity contribution in [2.45, 2.75) is 0 Å². The van der Waals surface area contributed by atoms with Gasteiger partial charge in [-0.1, -0.05) is 0 Å². The molecule has 4 heteroatoms. The molecule has 0 unspecified atom stereocenters. The minimum Gasteiger partial charge on any atom is -0.107 e. The van der Waals surface area contributed by atoms with E-state index in [1.54, 1.807) is 0 Å². The second-order valence-corrected chi connectivity index (χ2v) is 0.224. The Labute approximate surface area is 21.8 Å². The Morgan fingerprint density at radius 3 is 1.75 bits per heavy atom. The fourth-order valence-corrected chi connectivity index (χ4v) is 0. The normalized spacial score (nSPS) is 6.00. The van der Waals surface area contributed by atoms with Crippen LogP contribution < -0.4 is 0 Å². The van der Waals surface area contributed by atoms with Gasteiger partial charge < -0.3 is 0 Å². The maximum atomic E-state index is 8.25. The lowest BCUT2D eigenvalue weighted by Crippen LogP contribution is -1.77. The van der Waals surface area contributed by atoms with Crippen LogP contribution in [0.2, 0.25) is 0 Å². The molecular weight excluding hydrogens is 62.0 g/mol. The predicted molar refractivity (Wildman–Crippen MR) is 7.68 cm³/mol. The van der Waals surface area contributed by atoms with Crippen molar-refractivity contribution in [3.05, 3.63) is 10.1 Å². The Hall–Kier alpha value is -0.800. The third kappa shape index (κ3) is 0.0750. The van der Waals surface area contributed by atoms with Crippen molar-refractivity contribution >= 4 is 0 Å². The molecule has 0 amide bonds. The molecule has 0 spiro atoms. The molecule has 4 heavy (non-hydrogen) atoms. The van der Waals surface area contributed by atoms with E-state index >= 15 is 0 Å². The summed E-state index contributed by atoms with van der Waals surface area (Å²) >= 11 is 0. The number of hydrogen-bond acceptors (Lipinski definition) is 2. The van der Waals surface area contributed by atoms with E-state index in [4.69, 9.17) is 15.3 Å². The van der Waals surface area contributed by atoms with Crippen LogP contribution in [0.4, 0.5) is 0 Å². The largest absolute Gasteiger partial charge is 0.322 e. The first-order valence-electron chi connectivity index (χ1n) is 0.548. The molecule has 4 nitrogen and oxygen atoms in total. The zero-order valence-electron chi connectivity index (χ0n) is 1.67. The molecule has 0 bridgehead atoms. The summed E-state index contributed by atoms with van der Waals surface area (Å²) in [5.74, 6) is 0. The zero-order valence-corrected chi connectivity index (χ0v) is 1.67. The van der Waals surface area contributed by atoms with Gasteiger partial charge in [-0.25, -0.2) is 0 Å². The van der Waals surface area contributed by atoms with Crippen LogP contribution in [0.15, 0.2) is 0 Å². The van der Waals surface area contributed by atoms with Crippen LogP contribution in [0.5, 0.6) is 0 Å². The summed E-state index contributed by atoms with van der Waals surface area (Å²) in [4.78, 5) is 8.25. The van der Waals surface area contributed by atoms with Crippen LogP contribution in [-0.4, -0.2) is 5.09 Å². The van der Waals surface area contributed by atoms with Gasteiger partial charge in [0, 0.05) is 0 Å². The van der Waals surface area contributed by atoms with Gasteiger partial charge in [0.15, 0.2) is 0 Å². The van der Waals surface area contributed by atoms with Crippen molar-refractivity contribution in [1.29, 1.82) is 0 Å². The Balaban J connectivity index is 2.80. The Kier molecular flexibility index (Phi) is 0.524. The van der Waals surface area contributed by atoms with Gasteiger partial charge in [-0.3, -0.25) is 0 Å². The van der Waals surface area contributed by atoms with E-state index in [0.717, 1.165) is 0 Å². The van der Waals surface area contributed by atoms with Crippen molar-refractivity contribution in [2.24, 2.45) is 0 Å². The quantitative estimate of drug-likeness (QED) is 0.283. The van der Waals surface area contributed by atoms with Crippen LogP contribution in [-0.2, 0) is 5.21 Å². The number of nitrogens with zero attached hydrogens (tertiary/aromatic N) is 1. The monoisotopic (exact) mass is 62.0 g/mol. The van der Waals surface area contributed by atoms with E-state index in [1.165, 1.54) is 0 Å². The molecule has 0 fully saturated rings. The van der Waals surface area contributed by atoms with Crippen LogP contribution in [0, 0.1) is 10.1 Å². The van der Waals surface area contributed by atoms with E-state index in [2.05, 4.69) is 0 Å². The molecule has 23 valence electrons. The van der Waals surface area contributed by atoms with E-state index in [0.29, 0.717) is 0 Å². The second kappa shape index (κ2) is 0.655. The maximum Gasteiger partial charge on any atom is 0.322 e. The van der Waals surface area contributed by atoms with Crippen molar-refractivity contribution in [2.75, 3.05) is 0 Å². The summed E-state index contributed by atoms with van der Waals surface area (Å²) in [5, 5.41) is 14.8. The van der Waals surface area contributed by atoms with Crippen LogP contribution in [0.25, 0.3) is 0 Å². The first-order chi connectivity index (χ1) is 1.73. The molecule has 0 saturated heterocycles. The van der Waals surface area contributed by atoms with Crippen molar-refractivity contribution in [3.8, 4) is 0 Å². The third-order valence-electron chi connectivity index (χ3n) is 0. The highest BCUT2D eigenvalue weighted by molar-refractivity contribution is 3.83. The first kappa shape index (κ1) is 3.20. The standard InChI is InChI=1S/NO3/c2-1(3)4. The Bertz CT molecular complexity index is 26.3. The molecule has 0 aliphatic heterocycles. The van der Waals surface area contributed by atoms with E-state index in [9.17, 15) is 0 Å². The molecule has 0 rings (SSSR count). The third-order valence-corrected chi connectivity index (χ3v) is 0. The predicted octanol–water partition coefficient (Wildman–Crippen LogP) is -0.391. The molecule has 0 aromatic carbocycles. The molecule has 0 saturated carbocycles. The Morgan fingerprint density at radius 2 is 1.75 bits per heavy atom. The Morgan fingerprint density at radius 1 is 1.75 bits per heavy atom. The van der Waals surface area contributed by atoms with Crippen LogP contribution >= 0.6 is 0 Å². The van der Waals surface area contributed by atoms with Gasteiger partial charge in [0.1, 0.15) is 0 Å². The molecular formula is NO3. The molecule has 0 aliphatic carbocycles. The van der Waals surface area contributed by atoms with Gasteiger partial charge >= 0.3 is 5.09 Å². The highest BCUT2D eigenvalue weighted by Crippen LogP contribution is 1.41. The highest BCUT2D eigenvalue weighted by Gasteiger charge is 1.70. The summed E-state index contributed by atoms with van der Waals surface area (Å²) in [6.45, 7) is 0. The fourth-order valence-electron chi connectivity index (χ4n) is 0. The van der Waals surface area contributed by atoms with Gasteiger partial charge in [0.2, 0.25) is 0 Å². The SMILES string of the molecule is [O][N+](=O)[O-]. The topological polar surface area (TPSA) is 63.0 Å². The zero-order chi connectivity index (χ0) is 3.58. The maximum absolute atomic E-state index is 8.25. The summed E-state index contributed by atoms with van der Waals surface area (Å²) in [6, 6.07) is 0. The summed E-state index contributed by atoms with van der Waals surface area (Å²) < 4.78 is 0. The molecule has 0 heterocycles. The molecule has 0 aliphatic rings. The van der Waals surface area contributed by atoms with E-state index in [-0.39, 0.29) is 0 Å². The van der Waals surface area contributed by atoms with Gasteiger partial charge in [-0.2, -0.15) is 0 Å². The number of hydrogen-bond donors (Lipinski definition) is 0. The molecule has 0 atom stereocenters. The molecule has 1 radical (unpaired) electrons. The summed E-state index contributed by atoms with van der Waals surface area (Å²) in [5.41, 5.74) is 0. The van der Waals surface area contributed by atoms with Crippen molar-refractivity contribution in [3.63, 3.8) is 0 Å². The average molecular weight is 62.0 g/mol. The fraction of sp³-hybridized carbons (Fsp3) is 0. The lowest BCUT2D eigenvalue weighted by atomic mass is 13.1. The highest BCUT2D eigenvalue weighted by atomic mass is 16.9. The smallest absolute Gasteiger partial charge is 0.107 e. The van der Waals surface area contributed by atoms with Crippen LogP contribution in [0.1, 0.15) is 0 Å². The molecule has 0 N–H and O–H groups in total. The number of rotatable bonds is 0. The first-order valence-corrected chi connectivity index (χ1v) is 0.548. The summed E-state index contributed by atoms with van der Waals surface area (Å²) in [7, 11) is 0. The van der Waals surface area contributed by atoms with Gasteiger partial charge in [0.25, 0.3) is 0 Å². The second-order valence-electron chi connectivity index (χ2n) is 0.224. The van der Waals surface area contributed by atoms with E-state index in [1.807, 2.05) is 0 Å². The minimum atomic E-state index is -1.75. The van der Waals surface area contributed by atoms with Gasteiger partial charge in [-0.05, 0) is 0 Å². The van der Waals surface area contributed by atoms with Crippen molar-refractivity contribution in [1.82, 2.24) is 0 Å². The van der Waals surface area contributed by atoms with E-state index < -0.39 is 5.09 Å². The molecule has 0 aromatic heterocycles. The average Bonchev–Trinajstić information content (AvgIpc) is 0.811.